The van der Waals surface area contributed by atoms with E-state index in [9.17, 15) is 0 Å². The first-order valence-electron chi connectivity index (χ1n) is 6.94. The molecule has 0 atom stereocenters. The summed E-state index contributed by atoms with van der Waals surface area (Å²) in [5, 5.41) is 3.34. The van der Waals surface area contributed by atoms with Crippen LogP contribution >= 0.6 is 0 Å². The van der Waals surface area contributed by atoms with Crippen LogP contribution in [0, 0.1) is 0 Å². The second-order valence-corrected chi connectivity index (χ2v) is 5.04. The van der Waals surface area contributed by atoms with E-state index in [-0.39, 0.29) is 0 Å². The molecule has 1 aromatic carbocycles. The third kappa shape index (κ3) is 3.22. The standard InChI is InChI=1S/C16H17N5O/c1-21(2)16-18-8-7-14(20-16)9-19-13-5-3-12(4-6-13)15-10-17-11-22-15/h3-8,10-11,19H,9H2,1-2H3. The SMILES string of the molecule is CN(C)c1nccc(CNc2ccc(-c3cnco3)cc2)n1. The van der Waals surface area contributed by atoms with Gasteiger partial charge in [-0.3, -0.25) is 0 Å². The lowest BCUT2D eigenvalue weighted by Gasteiger charge is -2.11. The van der Waals surface area contributed by atoms with Crippen molar-refractivity contribution in [3.8, 4) is 11.3 Å². The van der Waals surface area contributed by atoms with Crippen LogP contribution in [0.5, 0.6) is 0 Å². The summed E-state index contributed by atoms with van der Waals surface area (Å²) in [7, 11) is 3.85. The normalized spacial score (nSPS) is 10.5. The highest BCUT2D eigenvalue weighted by Gasteiger charge is 2.03. The van der Waals surface area contributed by atoms with Crippen molar-refractivity contribution in [1.82, 2.24) is 15.0 Å². The first-order valence-corrected chi connectivity index (χ1v) is 6.94. The molecular formula is C16H17N5O. The number of oxazole rings is 1. The highest BCUT2D eigenvalue weighted by atomic mass is 16.3. The van der Waals surface area contributed by atoms with Gasteiger partial charge in [-0.2, -0.15) is 0 Å². The van der Waals surface area contributed by atoms with Crippen LogP contribution in [0.3, 0.4) is 0 Å². The first-order chi connectivity index (χ1) is 10.7. The summed E-state index contributed by atoms with van der Waals surface area (Å²) in [6.45, 7) is 0.644. The summed E-state index contributed by atoms with van der Waals surface area (Å²) >= 11 is 0. The van der Waals surface area contributed by atoms with Gasteiger partial charge >= 0.3 is 0 Å². The molecule has 0 fully saturated rings. The van der Waals surface area contributed by atoms with E-state index in [0.717, 1.165) is 22.7 Å². The van der Waals surface area contributed by atoms with Gasteiger partial charge in [0.05, 0.1) is 18.4 Å². The Morgan fingerprint density at radius 1 is 1.14 bits per heavy atom. The van der Waals surface area contributed by atoms with E-state index < -0.39 is 0 Å². The number of benzene rings is 1. The molecule has 0 saturated carbocycles. The molecule has 2 heterocycles. The third-order valence-electron chi connectivity index (χ3n) is 3.18. The van der Waals surface area contributed by atoms with E-state index in [1.165, 1.54) is 6.39 Å². The van der Waals surface area contributed by atoms with Crippen molar-refractivity contribution in [2.75, 3.05) is 24.3 Å². The summed E-state index contributed by atoms with van der Waals surface area (Å²) < 4.78 is 5.27. The zero-order valence-electron chi connectivity index (χ0n) is 12.5. The molecule has 0 spiro atoms. The van der Waals surface area contributed by atoms with E-state index in [1.54, 1.807) is 12.4 Å². The fraction of sp³-hybridized carbons (Fsp3) is 0.188. The van der Waals surface area contributed by atoms with Crippen LogP contribution in [-0.2, 0) is 6.54 Å². The van der Waals surface area contributed by atoms with Crippen LogP contribution in [0.15, 0.2) is 53.5 Å². The maximum absolute atomic E-state index is 5.27. The van der Waals surface area contributed by atoms with Gasteiger partial charge in [-0.15, -0.1) is 0 Å². The molecule has 0 saturated heterocycles. The topological polar surface area (TPSA) is 67.1 Å². The van der Waals surface area contributed by atoms with Gasteiger partial charge in [0.15, 0.2) is 12.2 Å². The second kappa shape index (κ2) is 6.26. The number of hydrogen-bond acceptors (Lipinski definition) is 6. The molecule has 0 radical (unpaired) electrons. The molecule has 22 heavy (non-hydrogen) atoms. The summed E-state index contributed by atoms with van der Waals surface area (Å²) in [6, 6.07) is 9.91. The van der Waals surface area contributed by atoms with Crippen molar-refractivity contribution in [2.24, 2.45) is 0 Å². The van der Waals surface area contributed by atoms with E-state index >= 15 is 0 Å². The molecule has 0 aliphatic rings. The zero-order valence-corrected chi connectivity index (χ0v) is 12.5. The molecule has 6 heteroatoms. The van der Waals surface area contributed by atoms with Crippen LogP contribution in [0.25, 0.3) is 11.3 Å². The monoisotopic (exact) mass is 295 g/mol. The van der Waals surface area contributed by atoms with Crippen molar-refractivity contribution in [3.63, 3.8) is 0 Å². The largest absolute Gasteiger partial charge is 0.444 e. The van der Waals surface area contributed by atoms with E-state index in [1.807, 2.05) is 49.3 Å². The van der Waals surface area contributed by atoms with Gasteiger partial charge in [-0.25, -0.2) is 15.0 Å². The minimum Gasteiger partial charge on any atom is -0.444 e. The number of anilines is 2. The molecule has 3 rings (SSSR count). The average Bonchev–Trinajstić information content (AvgIpc) is 3.08. The van der Waals surface area contributed by atoms with E-state index in [4.69, 9.17) is 4.42 Å². The van der Waals surface area contributed by atoms with Crippen LogP contribution in [-0.4, -0.2) is 29.0 Å². The van der Waals surface area contributed by atoms with Crippen molar-refractivity contribution in [1.29, 1.82) is 0 Å². The van der Waals surface area contributed by atoms with Crippen molar-refractivity contribution < 1.29 is 4.42 Å². The summed E-state index contributed by atoms with van der Waals surface area (Å²) in [6.07, 6.45) is 4.90. The lowest BCUT2D eigenvalue weighted by molar-refractivity contribution is 0.572. The van der Waals surface area contributed by atoms with Crippen LogP contribution in [0.4, 0.5) is 11.6 Å². The van der Waals surface area contributed by atoms with Gasteiger partial charge in [0.2, 0.25) is 5.95 Å². The Morgan fingerprint density at radius 2 is 1.95 bits per heavy atom. The van der Waals surface area contributed by atoms with Crippen LogP contribution < -0.4 is 10.2 Å². The molecule has 6 nitrogen and oxygen atoms in total. The molecular weight excluding hydrogens is 278 g/mol. The smallest absolute Gasteiger partial charge is 0.225 e. The second-order valence-electron chi connectivity index (χ2n) is 5.04. The van der Waals surface area contributed by atoms with Crippen LogP contribution in [0.1, 0.15) is 5.69 Å². The first kappa shape index (κ1) is 14.1. The number of nitrogens with zero attached hydrogens (tertiary/aromatic N) is 4. The van der Waals surface area contributed by atoms with Gasteiger partial charge < -0.3 is 14.6 Å². The maximum Gasteiger partial charge on any atom is 0.225 e. The van der Waals surface area contributed by atoms with Gasteiger partial charge in [0, 0.05) is 31.5 Å². The molecule has 0 amide bonds. The molecule has 112 valence electrons. The number of rotatable bonds is 5. The van der Waals surface area contributed by atoms with Crippen LogP contribution in [0.2, 0.25) is 0 Å². The summed E-state index contributed by atoms with van der Waals surface area (Å²) in [5.41, 5.74) is 2.96. The molecule has 2 aromatic heterocycles. The highest BCUT2D eigenvalue weighted by molar-refractivity contribution is 5.60. The minimum absolute atomic E-state index is 0.644. The Balaban J connectivity index is 1.65. The Labute approximate surface area is 128 Å². The summed E-state index contributed by atoms with van der Waals surface area (Å²) in [5.74, 6) is 1.47. The number of hydrogen-bond donors (Lipinski definition) is 1. The third-order valence-corrected chi connectivity index (χ3v) is 3.18. The fourth-order valence-electron chi connectivity index (χ4n) is 2.00. The minimum atomic E-state index is 0.644. The van der Waals surface area contributed by atoms with E-state index in [0.29, 0.717) is 12.5 Å². The maximum atomic E-state index is 5.27. The van der Waals surface area contributed by atoms with Crippen molar-refractivity contribution in [2.45, 2.75) is 6.54 Å². The molecule has 1 N–H and O–H groups in total. The van der Waals surface area contributed by atoms with Crippen molar-refractivity contribution in [3.05, 3.63) is 54.8 Å². The fourth-order valence-corrected chi connectivity index (χ4v) is 2.00. The van der Waals surface area contributed by atoms with Crippen molar-refractivity contribution >= 4 is 11.6 Å². The Hall–Kier alpha value is -2.89. The zero-order chi connectivity index (χ0) is 15.4. The lowest BCUT2D eigenvalue weighted by atomic mass is 10.1. The van der Waals surface area contributed by atoms with Gasteiger partial charge in [-0.05, 0) is 30.3 Å². The molecule has 0 aliphatic carbocycles. The average molecular weight is 295 g/mol. The van der Waals surface area contributed by atoms with Gasteiger partial charge in [0.1, 0.15) is 0 Å². The Bertz CT molecular complexity index is 723. The number of aromatic nitrogens is 3. The predicted octanol–water partition coefficient (Wildman–Crippen LogP) is 2.81. The number of nitrogens with one attached hydrogen (secondary N) is 1. The molecule has 0 aliphatic heterocycles. The van der Waals surface area contributed by atoms with E-state index in [2.05, 4.69) is 20.3 Å². The van der Waals surface area contributed by atoms with Gasteiger partial charge in [-0.1, -0.05) is 0 Å². The molecule has 3 aromatic rings. The van der Waals surface area contributed by atoms with Gasteiger partial charge in [0.25, 0.3) is 0 Å². The molecule has 0 unspecified atom stereocenters. The quantitative estimate of drug-likeness (QED) is 0.780. The lowest BCUT2D eigenvalue weighted by Crippen LogP contribution is -2.14. The molecule has 0 bridgehead atoms. The Morgan fingerprint density at radius 3 is 2.64 bits per heavy atom. The predicted molar refractivity (Wildman–Crippen MR) is 85.6 cm³/mol. The summed E-state index contributed by atoms with van der Waals surface area (Å²) in [4.78, 5) is 14.5. The Kier molecular flexibility index (Phi) is 4.00. The highest BCUT2D eigenvalue weighted by Crippen LogP contribution is 2.21.